The van der Waals surface area contributed by atoms with Crippen LogP contribution in [0.1, 0.15) is 0 Å². The van der Waals surface area contributed by atoms with Crippen LogP contribution in [0.25, 0.3) is 10.8 Å². The summed E-state index contributed by atoms with van der Waals surface area (Å²) >= 11 is 0. The van der Waals surface area contributed by atoms with Gasteiger partial charge in [0, 0.05) is 32.4 Å². The zero-order valence-electron chi connectivity index (χ0n) is 11.7. The zero-order valence-corrected chi connectivity index (χ0v) is 11.7. The van der Waals surface area contributed by atoms with Gasteiger partial charge >= 0.3 is 0 Å². The van der Waals surface area contributed by atoms with Gasteiger partial charge in [-0.2, -0.15) is 0 Å². The zero-order chi connectivity index (χ0) is 13.5. The molecule has 0 radical (unpaired) electrons. The average Bonchev–Trinajstić information content (AvgIpc) is 2.45. The van der Waals surface area contributed by atoms with Gasteiger partial charge in [-0.05, 0) is 30.0 Å². The van der Waals surface area contributed by atoms with Gasteiger partial charge in [0.15, 0.2) is 0 Å². The Morgan fingerprint density at radius 3 is 2.63 bits per heavy atom. The first kappa shape index (κ1) is 13.8. The van der Waals surface area contributed by atoms with E-state index in [4.69, 9.17) is 4.74 Å². The van der Waals surface area contributed by atoms with Crippen molar-refractivity contribution in [1.82, 2.24) is 4.90 Å². The molecule has 0 bridgehead atoms. The molecule has 0 saturated carbocycles. The first-order valence-corrected chi connectivity index (χ1v) is 6.70. The summed E-state index contributed by atoms with van der Waals surface area (Å²) in [5, 5.41) is 6.02. The van der Waals surface area contributed by atoms with Crippen molar-refractivity contribution < 1.29 is 4.74 Å². The Hall–Kier alpha value is -1.58. The Balaban J connectivity index is 1.84. The van der Waals surface area contributed by atoms with Gasteiger partial charge in [-0.3, -0.25) is 0 Å². The van der Waals surface area contributed by atoms with Crippen molar-refractivity contribution in [2.45, 2.75) is 0 Å². The van der Waals surface area contributed by atoms with Crippen LogP contribution in [0, 0.1) is 0 Å². The van der Waals surface area contributed by atoms with E-state index in [9.17, 15) is 0 Å². The second-order valence-electron chi connectivity index (χ2n) is 4.78. The smallest absolute Gasteiger partial charge is 0.0589 e. The Bertz CT molecular complexity index is 513. The molecule has 0 saturated heterocycles. The molecule has 102 valence electrons. The molecule has 0 unspecified atom stereocenters. The third kappa shape index (κ3) is 4.23. The first-order valence-electron chi connectivity index (χ1n) is 6.70. The lowest BCUT2D eigenvalue weighted by molar-refractivity contribution is 0.163. The molecule has 3 heteroatoms. The molecule has 0 aliphatic carbocycles. The minimum absolute atomic E-state index is 0.784. The van der Waals surface area contributed by atoms with E-state index < -0.39 is 0 Å². The van der Waals surface area contributed by atoms with Crippen molar-refractivity contribution in [1.29, 1.82) is 0 Å². The number of benzene rings is 2. The second-order valence-corrected chi connectivity index (χ2v) is 4.78. The van der Waals surface area contributed by atoms with Gasteiger partial charge < -0.3 is 15.0 Å². The number of rotatable bonds is 7. The Morgan fingerprint density at radius 2 is 1.84 bits per heavy atom. The van der Waals surface area contributed by atoms with Crippen LogP contribution in [0.5, 0.6) is 0 Å². The fourth-order valence-electron chi connectivity index (χ4n) is 2.05. The van der Waals surface area contributed by atoms with Gasteiger partial charge in [-0.15, -0.1) is 0 Å². The largest absolute Gasteiger partial charge is 0.384 e. The van der Waals surface area contributed by atoms with Crippen molar-refractivity contribution in [3.63, 3.8) is 0 Å². The molecule has 0 aromatic heterocycles. The summed E-state index contributed by atoms with van der Waals surface area (Å²) in [6.45, 7) is 3.71. The van der Waals surface area contributed by atoms with Crippen LogP contribution in [0.3, 0.4) is 0 Å². The van der Waals surface area contributed by atoms with Gasteiger partial charge in [0.2, 0.25) is 0 Å². The van der Waals surface area contributed by atoms with E-state index in [2.05, 4.69) is 59.7 Å². The fraction of sp³-hybridized carbons (Fsp3) is 0.375. The van der Waals surface area contributed by atoms with Gasteiger partial charge in [0.25, 0.3) is 0 Å². The summed E-state index contributed by atoms with van der Waals surface area (Å²) in [5.74, 6) is 0. The lowest BCUT2D eigenvalue weighted by Gasteiger charge is -2.16. The van der Waals surface area contributed by atoms with E-state index >= 15 is 0 Å². The highest BCUT2D eigenvalue weighted by Crippen LogP contribution is 2.18. The average molecular weight is 258 g/mol. The predicted molar refractivity (Wildman–Crippen MR) is 81.8 cm³/mol. The van der Waals surface area contributed by atoms with Crippen LogP contribution in [-0.2, 0) is 4.74 Å². The van der Waals surface area contributed by atoms with Crippen LogP contribution < -0.4 is 5.32 Å². The SMILES string of the molecule is COCCN(C)CCNc1ccc2ccccc2c1. The minimum Gasteiger partial charge on any atom is -0.384 e. The molecule has 0 aliphatic heterocycles. The molecule has 0 aliphatic rings. The number of methoxy groups -OCH3 is 1. The van der Waals surface area contributed by atoms with E-state index in [0.717, 1.165) is 26.2 Å². The number of nitrogens with zero attached hydrogens (tertiary/aromatic N) is 1. The normalized spacial score (nSPS) is 11.1. The van der Waals surface area contributed by atoms with Crippen molar-refractivity contribution >= 4 is 16.5 Å². The number of nitrogens with one attached hydrogen (secondary N) is 1. The van der Waals surface area contributed by atoms with Crippen molar-refractivity contribution in [3.05, 3.63) is 42.5 Å². The van der Waals surface area contributed by atoms with Gasteiger partial charge in [-0.1, -0.05) is 30.3 Å². The van der Waals surface area contributed by atoms with Crippen LogP contribution in [-0.4, -0.2) is 45.3 Å². The maximum absolute atomic E-state index is 5.06. The molecule has 0 atom stereocenters. The van der Waals surface area contributed by atoms with Crippen molar-refractivity contribution in [3.8, 4) is 0 Å². The fourth-order valence-corrected chi connectivity index (χ4v) is 2.05. The highest BCUT2D eigenvalue weighted by atomic mass is 16.5. The summed E-state index contributed by atoms with van der Waals surface area (Å²) < 4.78 is 5.06. The summed E-state index contributed by atoms with van der Waals surface area (Å²) in [6.07, 6.45) is 0. The maximum Gasteiger partial charge on any atom is 0.0589 e. The molecule has 3 nitrogen and oxygen atoms in total. The molecule has 19 heavy (non-hydrogen) atoms. The number of ether oxygens (including phenoxy) is 1. The highest BCUT2D eigenvalue weighted by molar-refractivity contribution is 5.85. The highest BCUT2D eigenvalue weighted by Gasteiger charge is 1.98. The topological polar surface area (TPSA) is 24.5 Å². The molecule has 2 rings (SSSR count). The molecule has 0 heterocycles. The first-order chi connectivity index (χ1) is 9.29. The van der Waals surface area contributed by atoms with E-state index in [1.165, 1.54) is 16.5 Å². The predicted octanol–water partition coefficient (Wildman–Crippen LogP) is 2.83. The maximum atomic E-state index is 5.06. The molecule has 2 aromatic rings. The summed E-state index contributed by atoms with van der Waals surface area (Å²) in [5.41, 5.74) is 1.18. The Kier molecular flexibility index (Phi) is 5.19. The minimum atomic E-state index is 0.784. The summed E-state index contributed by atoms with van der Waals surface area (Å²) in [7, 11) is 3.85. The lowest BCUT2D eigenvalue weighted by Crippen LogP contribution is -2.28. The lowest BCUT2D eigenvalue weighted by atomic mass is 10.1. The van der Waals surface area contributed by atoms with Gasteiger partial charge in [0.1, 0.15) is 0 Å². The summed E-state index contributed by atoms with van der Waals surface area (Å²) in [6, 6.07) is 14.9. The third-order valence-electron chi connectivity index (χ3n) is 3.25. The van der Waals surface area contributed by atoms with E-state index in [0.29, 0.717) is 0 Å². The van der Waals surface area contributed by atoms with E-state index in [-0.39, 0.29) is 0 Å². The summed E-state index contributed by atoms with van der Waals surface area (Å²) in [4.78, 5) is 2.26. The van der Waals surface area contributed by atoms with Crippen LogP contribution in [0.2, 0.25) is 0 Å². The molecular weight excluding hydrogens is 236 g/mol. The van der Waals surface area contributed by atoms with E-state index in [1.54, 1.807) is 7.11 Å². The van der Waals surface area contributed by atoms with Crippen molar-refractivity contribution in [2.75, 3.05) is 45.7 Å². The quantitative estimate of drug-likeness (QED) is 0.826. The Morgan fingerprint density at radius 1 is 1.05 bits per heavy atom. The number of likely N-dealkylation sites (N-methyl/N-ethyl adjacent to an activating group) is 1. The monoisotopic (exact) mass is 258 g/mol. The molecule has 0 spiro atoms. The molecule has 1 N–H and O–H groups in total. The molecule has 0 fully saturated rings. The molecule has 0 amide bonds. The Labute approximate surface area is 115 Å². The van der Waals surface area contributed by atoms with Crippen LogP contribution in [0.4, 0.5) is 5.69 Å². The van der Waals surface area contributed by atoms with Gasteiger partial charge in [-0.25, -0.2) is 0 Å². The van der Waals surface area contributed by atoms with Crippen LogP contribution in [0.15, 0.2) is 42.5 Å². The third-order valence-corrected chi connectivity index (χ3v) is 3.25. The number of anilines is 1. The van der Waals surface area contributed by atoms with Crippen molar-refractivity contribution in [2.24, 2.45) is 0 Å². The molecular formula is C16H22N2O. The number of hydrogen-bond donors (Lipinski definition) is 1. The number of hydrogen-bond acceptors (Lipinski definition) is 3. The molecule has 2 aromatic carbocycles. The van der Waals surface area contributed by atoms with E-state index in [1.807, 2.05) is 0 Å². The standard InChI is InChI=1S/C16H22N2O/c1-18(11-12-19-2)10-9-17-16-8-7-14-5-3-4-6-15(14)13-16/h3-8,13,17H,9-12H2,1-2H3. The van der Waals surface area contributed by atoms with Crippen LogP contribution >= 0.6 is 0 Å². The number of fused-ring (bicyclic) bond motifs is 1. The second kappa shape index (κ2) is 7.12. The van der Waals surface area contributed by atoms with Gasteiger partial charge in [0.05, 0.1) is 6.61 Å².